The Hall–Kier alpha value is -4.30. The second kappa shape index (κ2) is 7.86. The molecule has 0 bridgehead atoms. The lowest BCUT2D eigenvalue weighted by Gasteiger charge is -2.40. The van der Waals surface area contributed by atoms with Gasteiger partial charge in [0.25, 0.3) is 5.91 Å². The first-order chi connectivity index (χ1) is 17.3. The molecule has 2 aromatic heterocycles. The van der Waals surface area contributed by atoms with Crippen LogP contribution in [0.3, 0.4) is 0 Å². The van der Waals surface area contributed by atoms with Crippen molar-refractivity contribution in [1.82, 2.24) is 19.6 Å². The Kier molecular flexibility index (Phi) is 4.84. The van der Waals surface area contributed by atoms with Gasteiger partial charge in [-0.15, -0.1) is 11.3 Å². The highest BCUT2D eigenvalue weighted by molar-refractivity contribution is 7.23. The molecule has 4 heterocycles. The first-order valence-corrected chi connectivity index (χ1v) is 12.0. The molecule has 0 spiro atoms. The summed E-state index contributed by atoms with van der Waals surface area (Å²) in [6, 6.07) is 5.47. The van der Waals surface area contributed by atoms with Crippen LogP contribution in [-0.2, 0) is 11.3 Å². The van der Waals surface area contributed by atoms with E-state index in [-0.39, 0.29) is 49.6 Å². The molecular formula is C25H18F2N6O2S. The SMILES string of the molecule is C=CC(=O)N1CCN2C(=O)c3cc(F)c(-c4ccc(F)c5sc(N)c(C#N)c45)c4cnn(c34)CC2C1. The lowest BCUT2D eigenvalue weighted by Crippen LogP contribution is -2.57. The number of nitrogen functional groups attached to an aromatic ring is 1. The second-order valence-corrected chi connectivity index (χ2v) is 9.82. The Morgan fingerprint density at radius 2 is 2.06 bits per heavy atom. The molecule has 1 atom stereocenters. The smallest absolute Gasteiger partial charge is 0.256 e. The van der Waals surface area contributed by atoms with Crippen molar-refractivity contribution in [2.45, 2.75) is 12.6 Å². The maximum Gasteiger partial charge on any atom is 0.256 e. The van der Waals surface area contributed by atoms with E-state index in [9.17, 15) is 19.2 Å². The molecule has 1 saturated heterocycles. The van der Waals surface area contributed by atoms with Crippen molar-refractivity contribution in [2.24, 2.45) is 0 Å². The number of anilines is 1. The Bertz CT molecular complexity index is 1680. The summed E-state index contributed by atoms with van der Waals surface area (Å²) < 4.78 is 32.2. The van der Waals surface area contributed by atoms with Gasteiger partial charge in [0.05, 0.1) is 40.1 Å². The number of nitriles is 1. The predicted molar refractivity (Wildman–Crippen MR) is 131 cm³/mol. The van der Waals surface area contributed by atoms with Crippen LogP contribution in [0.4, 0.5) is 13.8 Å². The minimum Gasteiger partial charge on any atom is -0.389 e. The van der Waals surface area contributed by atoms with E-state index < -0.39 is 11.6 Å². The summed E-state index contributed by atoms with van der Waals surface area (Å²) in [7, 11) is 0. The van der Waals surface area contributed by atoms with Gasteiger partial charge in [0.2, 0.25) is 5.91 Å². The number of nitrogens with zero attached hydrogens (tertiary/aromatic N) is 5. The van der Waals surface area contributed by atoms with Gasteiger partial charge in [-0.2, -0.15) is 10.4 Å². The summed E-state index contributed by atoms with van der Waals surface area (Å²) in [4.78, 5) is 29.0. The third-order valence-electron chi connectivity index (χ3n) is 6.92. The van der Waals surface area contributed by atoms with Crippen LogP contribution in [-0.4, -0.2) is 57.1 Å². The monoisotopic (exact) mass is 504 g/mol. The number of aromatic nitrogens is 2. The lowest BCUT2D eigenvalue weighted by atomic mass is 9.94. The number of thiophene rings is 1. The van der Waals surface area contributed by atoms with Crippen molar-refractivity contribution in [3.63, 3.8) is 0 Å². The number of benzene rings is 2. The second-order valence-electron chi connectivity index (χ2n) is 8.76. The minimum absolute atomic E-state index is 0.0815. The van der Waals surface area contributed by atoms with Crippen LogP contribution in [0.15, 0.2) is 37.1 Å². The Morgan fingerprint density at radius 1 is 1.25 bits per heavy atom. The molecule has 180 valence electrons. The van der Waals surface area contributed by atoms with Gasteiger partial charge < -0.3 is 15.5 Å². The number of amides is 2. The summed E-state index contributed by atoms with van der Waals surface area (Å²) in [5.74, 6) is -1.81. The van der Waals surface area contributed by atoms with Crippen LogP contribution < -0.4 is 5.73 Å². The van der Waals surface area contributed by atoms with Crippen molar-refractivity contribution in [3.8, 4) is 17.2 Å². The molecule has 2 amide bonds. The fourth-order valence-electron chi connectivity index (χ4n) is 5.29. The Labute approximate surface area is 207 Å². The normalized spacial score (nSPS) is 17.2. The Balaban J connectivity index is 1.57. The van der Waals surface area contributed by atoms with Crippen LogP contribution in [0.1, 0.15) is 15.9 Å². The molecule has 6 rings (SSSR count). The summed E-state index contributed by atoms with van der Waals surface area (Å²) in [6.07, 6.45) is 2.72. The molecule has 0 saturated carbocycles. The van der Waals surface area contributed by atoms with E-state index in [0.717, 1.165) is 11.3 Å². The maximum absolute atomic E-state index is 15.8. The molecule has 0 radical (unpaired) electrons. The number of carbonyl (C=O) groups is 2. The minimum atomic E-state index is -0.689. The maximum atomic E-state index is 15.8. The highest BCUT2D eigenvalue weighted by Crippen LogP contribution is 2.44. The van der Waals surface area contributed by atoms with Gasteiger partial charge in [-0.3, -0.25) is 14.3 Å². The molecule has 11 heteroatoms. The van der Waals surface area contributed by atoms with E-state index in [4.69, 9.17) is 5.73 Å². The van der Waals surface area contributed by atoms with Crippen LogP contribution in [0.5, 0.6) is 0 Å². The van der Waals surface area contributed by atoms with Gasteiger partial charge in [0.15, 0.2) is 0 Å². The third kappa shape index (κ3) is 2.97. The molecule has 2 aromatic carbocycles. The number of fused-ring (bicyclic) bond motifs is 2. The molecule has 2 aliphatic rings. The number of hydrogen-bond donors (Lipinski definition) is 1. The van der Waals surface area contributed by atoms with Crippen LogP contribution >= 0.6 is 11.3 Å². The first kappa shape index (κ1) is 22.2. The Morgan fingerprint density at radius 3 is 2.81 bits per heavy atom. The van der Waals surface area contributed by atoms with Crippen molar-refractivity contribution < 1.29 is 18.4 Å². The number of hydrogen-bond acceptors (Lipinski definition) is 6. The van der Waals surface area contributed by atoms with Gasteiger partial charge in [-0.05, 0) is 23.8 Å². The fraction of sp³-hybridized carbons (Fsp3) is 0.200. The molecule has 2 N–H and O–H groups in total. The molecule has 1 fully saturated rings. The number of piperazine rings is 1. The molecule has 1 unspecified atom stereocenters. The molecule has 4 aromatic rings. The van der Waals surface area contributed by atoms with E-state index in [2.05, 4.69) is 11.7 Å². The van der Waals surface area contributed by atoms with Crippen LogP contribution in [0.2, 0.25) is 0 Å². The van der Waals surface area contributed by atoms with Gasteiger partial charge in [-0.25, -0.2) is 8.78 Å². The molecule has 8 nitrogen and oxygen atoms in total. The van der Waals surface area contributed by atoms with E-state index in [0.29, 0.717) is 42.6 Å². The van der Waals surface area contributed by atoms with Crippen molar-refractivity contribution in [3.05, 3.63) is 59.8 Å². The number of halogens is 2. The van der Waals surface area contributed by atoms with Gasteiger partial charge in [0.1, 0.15) is 22.7 Å². The lowest BCUT2D eigenvalue weighted by molar-refractivity contribution is -0.128. The summed E-state index contributed by atoms with van der Waals surface area (Å²) in [5, 5.41) is 14.9. The number of carbonyl (C=O) groups excluding carboxylic acids is 2. The topological polar surface area (TPSA) is 108 Å². The summed E-state index contributed by atoms with van der Waals surface area (Å²) in [6.45, 7) is 4.80. The van der Waals surface area contributed by atoms with Gasteiger partial charge >= 0.3 is 0 Å². The predicted octanol–water partition coefficient (Wildman–Crippen LogP) is 3.50. The van der Waals surface area contributed by atoms with E-state index >= 15 is 4.39 Å². The van der Waals surface area contributed by atoms with E-state index in [1.54, 1.807) is 14.5 Å². The van der Waals surface area contributed by atoms with Crippen LogP contribution in [0.25, 0.3) is 32.1 Å². The molecule has 36 heavy (non-hydrogen) atoms. The van der Waals surface area contributed by atoms with Gasteiger partial charge in [-0.1, -0.05) is 12.6 Å². The number of nitrogens with two attached hydrogens (primary N) is 1. The molecule has 0 aliphatic carbocycles. The van der Waals surface area contributed by atoms with E-state index in [1.165, 1.54) is 30.5 Å². The summed E-state index contributed by atoms with van der Waals surface area (Å²) >= 11 is 0.933. The average Bonchev–Trinajstić information content (AvgIpc) is 3.41. The molecular weight excluding hydrogens is 486 g/mol. The third-order valence-corrected chi connectivity index (χ3v) is 7.94. The fourth-order valence-corrected chi connectivity index (χ4v) is 6.24. The average molecular weight is 505 g/mol. The zero-order valence-electron chi connectivity index (χ0n) is 18.8. The van der Waals surface area contributed by atoms with E-state index in [1.807, 2.05) is 6.07 Å². The van der Waals surface area contributed by atoms with Crippen molar-refractivity contribution in [2.75, 3.05) is 25.4 Å². The van der Waals surface area contributed by atoms with Gasteiger partial charge in [0, 0.05) is 36.0 Å². The first-order valence-electron chi connectivity index (χ1n) is 11.1. The standard InChI is InChI=1S/C25H18F2N6O2S/c1-2-19(34)31-5-6-32-12(10-31)11-33-22-14(25(32)35)7-18(27)20(16(22)9-30-33)13-3-4-17(26)23-21(13)15(8-28)24(29)36-23/h2-4,7,9,12H,1,5-6,10-11,29H2. The van der Waals surface area contributed by atoms with Crippen molar-refractivity contribution >= 4 is 49.1 Å². The zero-order valence-corrected chi connectivity index (χ0v) is 19.6. The summed E-state index contributed by atoms with van der Waals surface area (Å²) in [5.41, 5.74) is 7.09. The quantitative estimate of drug-likeness (QED) is 0.421. The number of rotatable bonds is 2. The largest absolute Gasteiger partial charge is 0.389 e. The highest BCUT2D eigenvalue weighted by Gasteiger charge is 2.37. The van der Waals surface area contributed by atoms with Crippen molar-refractivity contribution in [1.29, 1.82) is 5.26 Å². The van der Waals surface area contributed by atoms with Crippen LogP contribution in [0, 0.1) is 23.0 Å². The highest BCUT2D eigenvalue weighted by atomic mass is 32.1. The zero-order chi connectivity index (χ0) is 25.3. The molecule has 2 aliphatic heterocycles.